The van der Waals surface area contributed by atoms with Gasteiger partial charge in [-0.3, -0.25) is 4.98 Å². The molecule has 0 radical (unpaired) electrons. The molecular weight excluding hydrogens is 302 g/mol. The molecule has 3 aromatic rings. The Kier molecular flexibility index (Phi) is 4.86. The molecule has 0 fully saturated rings. The van der Waals surface area contributed by atoms with Crippen LogP contribution >= 0.6 is 0 Å². The molecule has 24 heavy (non-hydrogen) atoms. The Morgan fingerprint density at radius 2 is 1.88 bits per heavy atom. The number of methoxy groups -OCH3 is 1. The second kappa shape index (κ2) is 7.41. The van der Waals surface area contributed by atoms with Crippen LogP contribution < -0.4 is 15.4 Å². The zero-order chi connectivity index (χ0) is 16.8. The van der Waals surface area contributed by atoms with Crippen molar-refractivity contribution >= 4 is 17.5 Å². The van der Waals surface area contributed by atoms with Gasteiger partial charge in [0.1, 0.15) is 11.6 Å². The smallest absolute Gasteiger partial charge is 0.229 e. The molecule has 2 heterocycles. The average molecular weight is 321 g/mol. The lowest BCUT2D eigenvalue weighted by Crippen LogP contribution is -2.04. The van der Waals surface area contributed by atoms with Gasteiger partial charge >= 0.3 is 0 Å². The van der Waals surface area contributed by atoms with E-state index in [-0.39, 0.29) is 0 Å². The number of nitrogens with zero attached hydrogens (tertiary/aromatic N) is 3. The number of ether oxygens (including phenoxy) is 1. The zero-order valence-electron chi connectivity index (χ0n) is 13.7. The minimum absolute atomic E-state index is 0.513. The summed E-state index contributed by atoms with van der Waals surface area (Å²) in [6, 6.07) is 11.7. The third-order valence-corrected chi connectivity index (χ3v) is 3.48. The maximum absolute atomic E-state index is 5.37. The van der Waals surface area contributed by atoms with Crippen LogP contribution in [0.4, 0.5) is 17.5 Å². The Morgan fingerprint density at radius 3 is 2.67 bits per heavy atom. The van der Waals surface area contributed by atoms with Crippen molar-refractivity contribution < 1.29 is 4.74 Å². The molecule has 2 aromatic heterocycles. The van der Waals surface area contributed by atoms with Crippen LogP contribution in [0.5, 0.6) is 5.75 Å². The Balaban J connectivity index is 1.72. The first-order valence-corrected chi connectivity index (χ1v) is 7.62. The molecule has 0 aliphatic carbocycles. The minimum atomic E-state index is 0.513. The normalized spacial score (nSPS) is 10.2. The monoisotopic (exact) mass is 321 g/mol. The third-order valence-electron chi connectivity index (χ3n) is 3.48. The van der Waals surface area contributed by atoms with Crippen molar-refractivity contribution in [3.05, 3.63) is 66.1 Å². The molecule has 0 unspecified atom stereocenters. The summed E-state index contributed by atoms with van der Waals surface area (Å²) in [7, 11) is 1.64. The number of nitrogens with one attached hydrogen (secondary N) is 2. The van der Waals surface area contributed by atoms with E-state index in [1.54, 1.807) is 25.7 Å². The number of pyridine rings is 1. The summed E-state index contributed by atoms with van der Waals surface area (Å²) in [6.45, 7) is 2.70. The van der Waals surface area contributed by atoms with Crippen molar-refractivity contribution in [2.75, 3.05) is 17.7 Å². The molecule has 0 saturated heterocycles. The van der Waals surface area contributed by atoms with Crippen molar-refractivity contribution in [2.45, 2.75) is 13.5 Å². The molecule has 0 amide bonds. The molecule has 0 aliphatic rings. The standard InChI is InChI=1S/C18H19N5O/c1-13-3-4-16(24-2)15(11-13)22-18-20-10-7-17(23-18)21-12-14-5-8-19-9-6-14/h3-11H,12H2,1-2H3,(H2,20,21,22,23). The molecule has 0 bridgehead atoms. The summed E-state index contributed by atoms with van der Waals surface area (Å²) in [4.78, 5) is 12.8. The largest absolute Gasteiger partial charge is 0.495 e. The van der Waals surface area contributed by atoms with Crippen LogP contribution in [0.25, 0.3) is 0 Å². The molecule has 0 saturated carbocycles. The highest BCUT2D eigenvalue weighted by Crippen LogP contribution is 2.27. The Bertz CT molecular complexity index is 808. The van der Waals surface area contributed by atoms with E-state index in [2.05, 4.69) is 25.6 Å². The minimum Gasteiger partial charge on any atom is -0.495 e. The van der Waals surface area contributed by atoms with Gasteiger partial charge in [0, 0.05) is 25.1 Å². The highest BCUT2D eigenvalue weighted by Gasteiger charge is 2.06. The van der Waals surface area contributed by atoms with Crippen LogP contribution in [-0.2, 0) is 6.54 Å². The van der Waals surface area contributed by atoms with Crippen LogP contribution in [0.3, 0.4) is 0 Å². The fourth-order valence-electron chi connectivity index (χ4n) is 2.25. The Hall–Kier alpha value is -3.15. The Morgan fingerprint density at radius 1 is 1.04 bits per heavy atom. The summed E-state index contributed by atoms with van der Waals surface area (Å²) in [5, 5.41) is 6.48. The van der Waals surface area contributed by atoms with Gasteiger partial charge in [0.2, 0.25) is 5.95 Å². The molecule has 1 aromatic carbocycles. The van der Waals surface area contributed by atoms with E-state index < -0.39 is 0 Å². The van der Waals surface area contributed by atoms with E-state index in [4.69, 9.17) is 4.74 Å². The number of aryl methyl sites for hydroxylation is 1. The average Bonchev–Trinajstić information content (AvgIpc) is 2.61. The third kappa shape index (κ3) is 3.98. The number of hydrogen-bond acceptors (Lipinski definition) is 6. The van der Waals surface area contributed by atoms with Crippen LogP contribution in [-0.4, -0.2) is 22.1 Å². The number of benzene rings is 1. The van der Waals surface area contributed by atoms with E-state index in [1.165, 1.54) is 0 Å². The summed E-state index contributed by atoms with van der Waals surface area (Å²) in [6.07, 6.45) is 5.26. The van der Waals surface area contributed by atoms with Gasteiger partial charge in [-0.1, -0.05) is 6.07 Å². The van der Waals surface area contributed by atoms with Crippen molar-refractivity contribution in [1.29, 1.82) is 0 Å². The Labute approximate surface area is 141 Å². The van der Waals surface area contributed by atoms with Crippen LogP contribution in [0, 0.1) is 6.92 Å². The van der Waals surface area contributed by atoms with Crippen LogP contribution in [0.1, 0.15) is 11.1 Å². The molecule has 122 valence electrons. The summed E-state index contributed by atoms with van der Waals surface area (Å²) < 4.78 is 5.37. The van der Waals surface area contributed by atoms with E-state index in [9.17, 15) is 0 Å². The molecule has 6 nitrogen and oxygen atoms in total. The summed E-state index contributed by atoms with van der Waals surface area (Å²) in [5.74, 6) is 2.01. The number of rotatable bonds is 6. The molecular formula is C18H19N5O. The van der Waals surface area contributed by atoms with Gasteiger partial charge in [-0.05, 0) is 48.4 Å². The van der Waals surface area contributed by atoms with Crippen molar-refractivity contribution in [1.82, 2.24) is 15.0 Å². The number of hydrogen-bond donors (Lipinski definition) is 2. The lowest BCUT2D eigenvalue weighted by molar-refractivity contribution is 0.416. The second-order valence-corrected chi connectivity index (χ2v) is 5.30. The van der Waals surface area contributed by atoms with Crippen molar-refractivity contribution in [3.63, 3.8) is 0 Å². The maximum Gasteiger partial charge on any atom is 0.229 e. The molecule has 2 N–H and O–H groups in total. The van der Waals surface area contributed by atoms with E-state index in [1.807, 2.05) is 43.3 Å². The molecule has 6 heteroatoms. The highest BCUT2D eigenvalue weighted by atomic mass is 16.5. The van der Waals surface area contributed by atoms with Gasteiger partial charge in [0.15, 0.2) is 0 Å². The fraction of sp³-hybridized carbons (Fsp3) is 0.167. The predicted octanol–water partition coefficient (Wildman–Crippen LogP) is 3.54. The van der Waals surface area contributed by atoms with E-state index >= 15 is 0 Å². The predicted molar refractivity (Wildman–Crippen MR) is 94.6 cm³/mol. The summed E-state index contributed by atoms with van der Waals surface area (Å²) in [5.41, 5.74) is 3.10. The number of anilines is 3. The van der Waals surface area contributed by atoms with Crippen LogP contribution in [0.2, 0.25) is 0 Å². The zero-order valence-corrected chi connectivity index (χ0v) is 13.7. The maximum atomic E-state index is 5.37. The van der Waals surface area contributed by atoms with Gasteiger partial charge in [-0.2, -0.15) is 4.98 Å². The topological polar surface area (TPSA) is 72.0 Å². The molecule has 3 rings (SSSR count). The van der Waals surface area contributed by atoms with Crippen LogP contribution in [0.15, 0.2) is 55.0 Å². The fourth-order valence-corrected chi connectivity index (χ4v) is 2.25. The molecule has 0 atom stereocenters. The lowest BCUT2D eigenvalue weighted by atomic mass is 10.2. The lowest BCUT2D eigenvalue weighted by Gasteiger charge is -2.12. The molecule has 0 spiro atoms. The second-order valence-electron chi connectivity index (χ2n) is 5.30. The van der Waals surface area contributed by atoms with Gasteiger partial charge in [0.05, 0.1) is 12.8 Å². The van der Waals surface area contributed by atoms with Crippen molar-refractivity contribution in [3.8, 4) is 5.75 Å². The van der Waals surface area contributed by atoms with Gasteiger partial charge in [-0.25, -0.2) is 4.98 Å². The first-order valence-electron chi connectivity index (χ1n) is 7.62. The highest BCUT2D eigenvalue weighted by molar-refractivity contribution is 5.64. The molecule has 0 aliphatic heterocycles. The SMILES string of the molecule is COc1ccc(C)cc1Nc1nccc(NCc2ccncc2)n1. The number of aromatic nitrogens is 3. The van der Waals surface area contributed by atoms with Gasteiger partial charge < -0.3 is 15.4 Å². The van der Waals surface area contributed by atoms with Gasteiger partial charge in [-0.15, -0.1) is 0 Å². The van der Waals surface area contributed by atoms with Crippen molar-refractivity contribution in [2.24, 2.45) is 0 Å². The summed E-state index contributed by atoms with van der Waals surface area (Å²) >= 11 is 0. The van der Waals surface area contributed by atoms with E-state index in [0.29, 0.717) is 12.5 Å². The first kappa shape index (κ1) is 15.7. The van der Waals surface area contributed by atoms with E-state index in [0.717, 1.165) is 28.4 Å². The first-order chi connectivity index (χ1) is 11.7. The quantitative estimate of drug-likeness (QED) is 0.723. The van der Waals surface area contributed by atoms with Gasteiger partial charge in [0.25, 0.3) is 0 Å².